The Morgan fingerprint density at radius 1 is 1.15 bits per heavy atom. The number of halogens is 2. The molecule has 6 heteroatoms. The lowest BCUT2D eigenvalue weighted by Crippen LogP contribution is -2.19. The van der Waals surface area contributed by atoms with E-state index < -0.39 is 6.03 Å². The minimum atomic E-state index is -0.391. The summed E-state index contributed by atoms with van der Waals surface area (Å²) in [5.74, 6) is 0. The fourth-order valence-corrected chi connectivity index (χ4v) is 2.05. The van der Waals surface area contributed by atoms with Crippen LogP contribution in [0.2, 0.25) is 5.02 Å². The largest absolute Gasteiger partial charge is 0.323 e. The van der Waals surface area contributed by atoms with E-state index >= 15 is 0 Å². The summed E-state index contributed by atoms with van der Waals surface area (Å²) in [5.41, 5.74) is 1.71. The SMILES string of the molecule is N#Cc1ccc(NC(=O)Nc2cccc(Cl)c2Br)cc1. The molecule has 0 unspecified atom stereocenters. The molecule has 2 amide bonds. The normalized spacial score (nSPS) is 9.65. The predicted molar refractivity (Wildman–Crippen MR) is 83.0 cm³/mol. The van der Waals surface area contributed by atoms with Crippen molar-refractivity contribution in [1.82, 2.24) is 0 Å². The van der Waals surface area contributed by atoms with Crippen LogP contribution in [0.15, 0.2) is 46.9 Å². The maximum Gasteiger partial charge on any atom is 0.323 e. The molecule has 0 aromatic heterocycles. The average molecular weight is 351 g/mol. The Morgan fingerprint density at radius 3 is 2.50 bits per heavy atom. The number of rotatable bonds is 2. The summed E-state index contributed by atoms with van der Waals surface area (Å²) in [6.45, 7) is 0. The van der Waals surface area contributed by atoms with Gasteiger partial charge in [-0.3, -0.25) is 0 Å². The first-order valence-corrected chi connectivity index (χ1v) is 6.79. The molecule has 0 radical (unpaired) electrons. The zero-order chi connectivity index (χ0) is 14.5. The van der Waals surface area contributed by atoms with E-state index in [1.165, 1.54) is 0 Å². The zero-order valence-electron chi connectivity index (χ0n) is 10.2. The summed E-state index contributed by atoms with van der Waals surface area (Å²) in [4.78, 5) is 11.8. The first kappa shape index (κ1) is 14.4. The molecule has 2 rings (SSSR count). The van der Waals surface area contributed by atoms with E-state index in [1.807, 2.05) is 6.07 Å². The number of nitriles is 1. The van der Waals surface area contributed by atoms with Gasteiger partial charge in [0.1, 0.15) is 0 Å². The number of benzene rings is 2. The summed E-state index contributed by atoms with van der Waals surface area (Å²) in [5, 5.41) is 14.6. The fourth-order valence-electron chi connectivity index (χ4n) is 1.51. The molecule has 20 heavy (non-hydrogen) atoms. The van der Waals surface area contributed by atoms with Gasteiger partial charge < -0.3 is 10.6 Å². The van der Waals surface area contributed by atoms with Crippen molar-refractivity contribution in [2.24, 2.45) is 0 Å². The molecule has 0 aliphatic rings. The van der Waals surface area contributed by atoms with Crippen molar-refractivity contribution in [2.45, 2.75) is 0 Å². The third kappa shape index (κ3) is 3.50. The molecule has 0 atom stereocenters. The summed E-state index contributed by atoms with van der Waals surface area (Å²) in [6, 6.07) is 13.4. The average Bonchev–Trinajstić information content (AvgIpc) is 2.45. The summed E-state index contributed by atoms with van der Waals surface area (Å²) in [6.07, 6.45) is 0. The summed E-state index contributed by atoms with van der Waals surface area (Å²) >= 11 is 9.24. The summed E-state index contributed by atoms with van der Waals surface area (Å²) < 4.78 is 0.622. The number of hydrogen-bond acceptors (Lipinski definition) is 2. The molecule has 0 aliphatic heterocycles. The van der Waals surface area contributed by atoms with Gasteiger partial charge in [0.15, 0.2) is 0 Å². The van der Waals surface area contributed by atoms with Gasteiger partial charge in [-0.15, -0.1) is 0 Å². The van der Waals surface area contributed by atoms with Gasteiger partial charge in [0, 0.05) is 5.69 Å². The molecule has 0 fully saturated rings. The maximum absolute atomic E-state index is 11.8. The Morgan fingerprint density at radius 2 is 1.85 bits per heavy atom. The highest BCUT2D eigenvalue weighted by Crippen LogP contribution is 2.30. The molecule has 0 heterocycles. The van der Waals surface area contributed by atoms with Crippen LogP contribution < -0.4 is 10.6 Å². The monoisotopic (exact) mass is 349 g/mol. The second kappa shape index (κ2) is 6.42. The van der Waals surface area contributed by atoms with Gasteiger partial charge in [0.2, 0.25) is 0 Å². The molecule has 2 aromatic carbocycles. The van der Waals surface area contributed by atoms with Crippen LogP contribution in [-0.4, -0.2) is 6.03 Å². The molecule has 0 saturated heterocycles. The Kier molecular flexibility index (Phi) is 4.61. The van der Waals surface area contributed by atoms with Crippen LogP contribution in [0.25, 0.3) is 0 Å². The van der Waals surface area contributed by atoms with Crippen LogP contribution >= 0.6 is 27.5 Å². The molecule has 0 bridgehead atoms. The smallest absolute Gasteiger partial charge is 0.308 e. The number of carbonyl (C=O) groups is 1. The van der Waals surface area contributed by atoms with Crippen molar-refractivity contribution in [3.05, 3.63) is 57.5 Å². The summed E-state index contributed by atoms with van der Waals surface area (Å²) in [7, 11) is 0. The van der Waals surface area contributed by atoms with Crippen molar-refractivity contribution in [1.29, 1.82) is 5.26 Å². The minimum absolute atomic E-state index is 0.391. The van der Waals surface area contributed by atoms with E-state index in [-0.39, 0.29) is 0 Å². The fraction of sp³-hybridized carbons (Fsp3) is 0. The number of nitrogens with one attached hydrogen (secondary N) is 2. The third-order valence-electron chi connectivity index (χ3n) is 2.47. The minimum Gasteiger partial charge on any atom is -0.308 e. The number of carbonyl (C=O) groups excluding carboxylic acids is 1. The molecule has 2 aromatic rings. The molecular weight excluding hydrogens is 342 g/mol. The second-order valence-electron chi connectivity index (χ2n) is 3.87. The van der Waals surface area contributed by atoms with Gasteiger partial charge in [-0.1, -0.05) is 17.7 Å². The predicted octanol–water partition coefficient (Wildman–Crippen LogP) is 4.62. The highest BCUT2D eigenvalue weighted by atomic mass is 79.9. The Labute approximate surface area is 129 Å². The van der Waals surface area contributed by atoms with Crippen molar-refractivity contribution >= 4 is 44.9 Å². The lowest BCUT2D eigenvalue weighted by Gasteiger charge is -2.09. The molecular formula is C14H9BrClN3O. The van der Waals surface area contributed by atoms with E-state index in [2.05, 4.69) is 26.6 Å². The van der Waals surface area contributed by atoms with Gasteiger partial charge in [-0.25, -0.2) is 4.79 Å². The lowest BCUT2D eigenvalue weighted by molar-refractivity contribution is 0.262. The van der Waals surface area contributed by atoms with E-state index in [0.717, 1.165) is 0 Å². The zero-order valence-corrected chi connectivity index (χ0v) is 12.5. The van der Waals surface area contributed by atoms with E-state index in [1.54, 1.807) is 42.5 Å². The van der Waals surface area contributed by atoms with Gasteiger partial charge in [-0.05, 0) is 52.3 Å². The molecule has 4 nitrogen and oxygen atoms in total. The van der Waals surface area contributed by atoms with E-state index in [9.17, 15) is 4.79 Å². The van der Waals surface area contributed by atoms with Crippen LogP contribution in [0, 0.1) is 11.3 Å². The number of nitrogens with zero attached hydrogens (tertiary/aromatic N) is 1. The van der Waals surface area contributed by atoms with Crippen LogP contribution in [0.4, 0.5) is 16.2 Å². The van der Waals surface area contributed by atoms with Crippen LogP contribution in [0.5, 0.6) is 0 Å². The third-order valence-corrected chi connectivity index (χ3v) is 3.87. The topological polar surface area (TPSA) is 64.9 Å². The van der Waals surface area contributed by atoms with Crippen molar-refractivity contribution in [2.75, 3.05) is 10.6 Å². The van der Waals surface area contributed by atoms with Crippen molar-refractivity contribution in [3.63, 3.8) is 0 Å². The standard InChI is InChI=1S/C14H9BrClN3O/c15-13-11(16)2-1-3-12(13)19-14(20)18-10-6-4-9(8-17)5-7-10/h1-7H,(H2,18,19,20). The molecule has 0 saturated carbocycles. The quantitative estimate of drug-likeness (QED) is 0.830. The molecule has 0 spiro atoms. The van der Waals surface area contributed by atoms with Gasteiger partial charge in [0.25, 0.3) is 0 Å². The van der Waals surface area contributed by atoms with Gasteiger partial charge in [-0.2, -0.15) is 5.26 Å². The van der Waals surface area contributed by atoms with E-state index in [4.69, 9.17) is 16.9 Å². The Balaban J connectivity index is 2.05. The first-order valence-electron chi connectivity index (χ1n) is 5.62. The molecule has 0 aliphatic carbocycles. The van der Waals surface area contributed by atoms with E-state index in [0.29, 0.717) is 26.4 Å². The van der Waals surface area contributed by atoms with Crippen LogP contribution in [0.3, 0.4) is 0 Å². The molecule has 100 valence electrons. The number of amides is 2. The van der Waals surface area contributed by atoms with Gasteiger partial charge >= 0.3 is 6.03 Å². The number of urea groups is 1. The Bertz CT molecular complexity index is 680. The number of hydrogen-bond donors (Lipinski definition) is 2. The first-order chi connectivity index (χ1) is 9.60. The Hall–Kier alpha value is -2.03. The van der Waals surface area contributed by atoms with Crippen LogP contribution in [0.1, 0.15) is 5.56 Å². The molecule has 2 N–H and O–H groups in total. The van der Waals surface area contributed by atoms with Crippen molar-refractivity contribution < 1.29 is 4.79 Å². The highest BCUT2D eigenvalue weighted by Gasteiger charge is 2.07. The maximum atomic E-state index is 11.8. The van der Waals surface area contributed by atoms with Gasteiger partial charge in [0.05, 0.1) is 26.8 Å². The highest BCUT2D eigenvalue weighted by molar-refractivity contribution is 9.10. The second-order valence-corrected chi connectivity index (χ2v) is 5.07. The number of anilines is 2. The lowest BCUT2D eigenvalue weighted by atomic mass is 10.2. The van der Waals surface area contributed by atoms with Crippen molar-refractivity contribution in [3.8, 4) is 6.07 Å². The van der Waals surface area contributed by atoms with Crippen LogP contribution in [-0.2, 0) is 0 Å².